The number of nitrogens with zero attached hydrogens (tertiary/aromatic N) is 1. The van der Waals surface area contributed by atoms with E-state index in [1.165, 1.54) is 24.8 Å². The molecule has 7 heteroatoms. The number of carbonyl (C=O) groups is 1. The third-order valence-electron chi connectivity index (χ3n) is 6.79. The molecule has 3 rings (SSSR count). The second kappa shape index (κ2) is 14.2. The molecule has 1 fully saturated rings. The number of benzene rings is 1. The zero-order chi connectivity index (χ0) is 24.3. The first-order valence-electron chi connectivity index (χ1n) is 12.3. The maximum Gasteiger partial charge on any atom is 0.303 e. The largest absolute Gasteiger partial charge is 0.481 e. The Labute approximate surface area is 217 Å². The molecule has 0 saturated carbocycles. The third-order valence-corrected chi connectivity index (χ3v) is 8.10. The molecule has 186 valence electrons. The summed E-state index contributed by atoms with van der Waals surface area (Å²) in [6.45, 7) is 3.27. The summed E-state index contributed by atoms with van der Waals surface area (Å²) in [6, 6.07) is 7.73. The summed E-state index contributed by atoms with van der Waals surface area (Å²) >= 11 is 14.1. The van der Waals surface area contributed by atoms with Gasteiger partial charge in [-0.2, -0.15) is 11.3 Å². The molecule has 1 aliphatic rings. The SMILES string of the molecule is N=C(Cc1ccc(Cl)cc1Cl)C[C@H](Cc1ccsc1)CN1CCC(CCCCCC(=O)O)CC1. The predicted molar refractivity (Wildman–Crippen MR) is 144 cm³/mol. The smallest absolute Gasteiger partial charge is 0.303 e. The molecule has 4 nitrogen and oxygen atoms in total. The first-order valence-corrected chi connectivity index (χ1v) is 14.0. The number of piperidine rings is 1. The van der Waals surface area contributed by atoms with Gasteiger partial charge >= 0.3 is 5.97 Å². The Hall–Kier alpha value is -1.40. The van der Waals surface area contributed by atoms with E-state index in [1.807, 2.05) is 12.1 Å². The molecular weight excluding hydrogens is 487 g/mol. The van der Waals surface area contributed by atoms with Gasteiger partial charge in [-0.15, -0.1) is 0 Å². The van der Waals surface area contributed by atoms with Crippen molar-refractivity contribution >= 4 is 46.2 Å². The average molecular weight is 524 g/mol. The van der Waals surface area contributed by atoms with Gasteiger partial charge in [-0.25, -0.2) is 0 Å². The molecule has 1 aliphatic heterocycles. The number of rotatable bonds is 14. The first-order chi connectivity index (χ1) is 16.4. The maximum absolute atomic E-state index is 10.6. The lowest BCUT2D eigenvalue weighted by Crippen LogP contribution is -2.38. The highest BCUT2D eigenvalue weighted by atomic mass is 35.5. The predicted octanol–water partition coefficient (Wildman–Crippen LogP) is 7.61. The van der Waals surface area contributed by atoms with Crippen LogP contribution in [0.4, 0.5) is 0 Å². The standard InChI is InChI=1S/C27H36Cl2N2O2S/c28-24-7-6-23(26(29)17-24)16-25(30)15-22(14-21-10-13-34-19-21)18-31-11-8-20(9-12-31)4-2-1-3-5-27(32)33/h6-7,10,13,17,19-20,22,30H,1-5,8-9,11-12,14-16,18H2,(H,32,33)/t22-/m0/s1. The Morgan fingerprint density at radius 3 is 2.65 bits per heavy atom. The molecule has 2 N–H and O–H groups in total. The number of carboxylic acid groups (broad SMARTS) is 1. The fraction of sp³-hybridized carbons (Fsp3) is 0.556. The molecule has 0 amide bonds. The van der Waals surface area contributed by atoms with Gasteiger partial charge < -0.3 is 15.4 Å². The molecule has 1 aromatic heterocycles. The molecule has 1 saturated heterocycles. The number of nitrogens with one attached hydrogen (secondary N) is 1. The quantitative estimate of drug-likeness (QED) is 0.198. The summed E-state index contributed by atoms with van der Waals surface area (Å²) in [5, 5.41) is 23.1. The van der Waals surface area contributed by atoms with Gasteiger partial charge in [-0.1, -0.05) is 48.5 Å². The number of unbranched alkanes of at least 4 members (excludes halogenated alkanes) is 2. The van der Waals surface area contributed by atoms with E-state index in [0.29, 0.717) is 28.8 Å². The van der Waals surface area contributed by atoms with Crippen molar-refractivity contribution in [3.8, 4) is 0 Å². The van der Waals surface area contributed by atoms with Crippen LogP contribution >= 0.6 is 34.5 Å². The minimum atomic E-state index is -0.686. The first kappa shape index (κ1) is 27.2. The normalized spacial score (nSPS) is 15.9. The van der Waals surface area contributed by atoms with Crippen LogP contribution < -0.4 is 0 Å². The molecule has 1 atom stereocenters. The van der Waals surface area contributed by atoms with Crippen molar-refractivity contribution in [2.75, 3.05) is 19.6 Å². The second-order valence-corrected chi connectivity index (χ2v) is 11.3. The fourth-order valence-corrected chi connectivity index (χ4v) is 6.12. The molecule has 1 aromatic carbocycles. The van der Waals surface area contributed by atoms with Crippen LogP contribution in [0.25, 0.3) is 0 Å². The van der Waals surface area contributed by atoms with Crippen molar-refractivity contribution in [2.24, 2.45) is 11.8 Å². The molecule has 2 aromatic rings. The van der Waals surface area contributed by atoms with E-state index in [9.17, 15) is 4.79 Å². The van der Waals surface area contributed by atoms with E-state index >= 15 is 0 Å². The highest BCUT2D eigenvalue weighted by Gasteiger charge is 2.23. The molecule has 0 spiro atoms. The number of carboxylic acids is 1. The van der Waals surface area contributed by atoms with Gasteiger partial charge in [0.15, 0.2) is 0 Å². The number of thiophene rings is 1. The van der Waals surface area contributed by atoms with E-state index in [-0.39, 0.29) is 0 Å². The van der Waals surface area contributed by atoms with Crippen molar-refractivity contribution in [1.29, 1.82) is 5.41 Å². The number of hydrogen-bond acceptors (Lipinski definition) is 4. The van der Waals surface area contributed by atoms with Crippen LogP contribution in [-0.2, 0) is 17.6 Å². The lowest BCUT2D eigenvalue weighted by molar-refractivity contribution is -0.137. The molecule has 34 heavy (non-hydrogen) atoms. The Kier molecular flexibility index (Phi) is 11.4. The van der Waals surface area contributed by atoms with Gasteiger partial charge in [0.2, 0.25) is 0 Å². The van der Waals surface area contributed by atoms with Crippen molar-refractivity contribution in [2.45, 2.75) is 64.2 Å². The van der Waals surface area contributed by atoms with Gasteiger partial charge in [0, 0.05) is 35.1 Å². The molecule has 0 aliphatic carbocycles. The van der Waals surface area contributed by atoms with Gasteiger partial charge in [0.25, 0.3) is 0 Å². The molecular formula is C27H36Cl2N2O2S. The summed E-state index contributed by atoms with van der Waals surface area (Å²) in [5.74, 6) is 0.497. The highest BCUT2D eigenvalue weighted by molar-refractivity contribution is 7.07. The number of aliphatic carboxylic acids is 1. The van der Waals surface area contributed by atoms with E-state index < -0.39 is 5.97 Å². The van der Waals surface area contributed by atoms with Crippen molar-refractivity contribution in [3.05, 3.63) is 56.2 Å². The van der Waals surface area contributed by atoms with Crippen LogP contribution in [0.5, 0.6) is 0 Å². The van der Waals surface area contributed by atoms with E-state index in [1.54, 1.807) is 17.4 Å². The molecule has 0 radical (unpaired) electrons. The Bertz CT molecular complexity index is 911. The maximum atomic E-state index is 10.6. The van der Waals surface area contributed by atoms with Crippen molar-refractivity contribution in [3.63, 3.8) is 0 Å². The Balaban J connectivity index is 1.47. The van der Waals surface area contributed by atoms with E-state index in [2.05, 4.69) is 21.7 Å². The summed E-state index contributed by atoms with van der Waals surface area (Å²) in [6.07, 6.45) is 9.28. The monoisotopic (exact) mass is 522 g/mol. The Morgan fingerprint density at radius 2 is 1.97 bits per heavy atom. The van der Waals surface area contributed by atoms with Crippen LogP contribution in [0, 0.1) is 17.2 Å². The fourth-order valence-electron chi connectivity index (χ4n) is 4.97. The van der Waals surface area contributed by atoms with Crippen LogP contribution in [0.2, 0.25) is 10.0 Å². The van der Waals surface area contributed by atoms with Crippen LogP contribution in [0.15, 0.2) is 35.0 Å². The zero-order valence-electron chi connectivity index (χ0n) is 19.8. The van der Waals surface area contributed by atoms with E-state index in [4.69, 9.17) is 33.7 Å². The molecule has 0 unspecified atom stereocenters. The highest BCUT2D eigenvalue weighted by Crippen LogP contribution is 2.27. The lowest BCUT2D eigenvalue weighted by atomic mass is 9.88. The average Bonchev–Trinajstić information content (AvgIpc) is 3.29. The van der Waals surface area contributed by atoms with Crippen molar-refractivity contribution in [1.82, 2.24) is 4.90 Å². The molecule has 2 heterocycles. The van der Waals surface area contributed by atoms with Gasteiger partial charge in [-0.3, -0.25) is 4.79 Å². The Morgan fingerprint density at radius 1 is 1.18 bits per heavy atom. The number of halogens is 2. The molecule has 0 bridgehead atoms. The lowest BCUT2D eigenvalue weighted by Gasteiger charge is -2.34. The topological polar surface area (TPSA) is 64.4 Å². The van der Waals surface area contributed by atoms with Gasteiger partial charge in [-0.05, 0) is 97.1 Å². The van der Waals surface area contributed by atoms with E-state index in [0.717, 1.165) is 68.9 Å². The minimum absolute atomic E-state index is 0.295. The van der Waals surface area contributed by atoms with Crippen molar-refractivity contribution < 1.29 is 9.90 Å². The zero-order valence-corrected chi connectivity index (χ0v) is 22.1. The van der Waals surface area contributed by atoms with Gasteiger partial charge in [0.1, 0.15) is 0 Å². The summed E-state index contributed by atoms with van der Waals surface area (Å²) in [5.41, 5.74) is 3.05. The minimum Gasteiger partial charge on any atom is -0.481 e. The summed E-state index contributed by atoms with van der Waals surface area (Å²) < 4.78 is 0. The van der Waals surface area contributed by atoms with Crippen LogP contribution in [0.3, 0.4) is 0 Å². The number of likely N-dealkylation sites (tertiary alicyclic amines) is 1. The summed E-state index contributed by atoms with van der Waals surface area (Å²) in [7, 11) is 0. The van der Waals surface area contributed by atoms with Crippen LogP contribution in [0.1, 0.15) is 62.5 Å². The van der Waals surface area contributed by atoms with Crippen LogP contribution in [-0.4, -0.2) is 41.3 Å². The third kappa shape index (κ3) is 9.69. The second-order valence-electron chi connectivity index (χ2n) is 9.66. The number of hydrogen-bond donors (Lipinski definition) is 2. The van der Waals surface area contributed by atoms with Gasteiger partial charge in [0.05, 0.1) is 0 Å². The summed E-state index contributed by atoms with van der Waals surface area (Å²) in [4.78, 5) is 13.2.